The maximum absolute atomic E-state index is 10.3. The fourth-order valence-corrected chi connectivity index (χ4v) is 0.319. The van der Waals surface area contributed by atoms with Gasteiger partial charge in [-0.15, -0.1) is 0 Å². The first-order valence-electron chi connectivity index (χ1n) is 2.10. The zero-order chi connectivity index (χ0) is 5.82. The smallest absolute Gasteiger partial charge is 0.284 e. The highest BCUT2D eigenvalue weighted by Crippen LogP contribution is 1.82. The molecule has 1 heterocycles. The molecule has 41 valence electrons. The minimum Gasteiger partial charge on any atom is -0.387 e. The van der Waals surface area contributed by atoms with Crippen LogP contribution in [0.25, 0.3) is 0 Å². The van der Waals surface area contributed by atoms with E-state index in [4.69, 9.17) is 0 Å². The van der Waals surface area contributed by atoms with E-state index in [9.17, 15) is 4.79 Å². The second-order valence-corrected chi connectivity index (χ2v) is 1.19. The first-order chi connectivity index (χ1) is 3.89. The van der Waals surface area contributed by atoms with Crippen LogP contribution in [0.2, 0.25) is 0 Å². The Kier molecular flexibility index (Phi) is 1.32. The zero-order valence-electron chi connectivity index (χ0n) is 4.05. The van der Waals surface area contributed by atoms with Crippen molar-refractivity contribution in [3.63, 3.8) is 0 Å². The second kappa shape index (κ2) is 2.16. The average Bonchev–Trinajstić information content (AvgIpc) is 1.94. The van der Waals surface area contributed by atoms with E-state index in [1.807, 2.05) is 0 Å². The summed E-state index contributed by atoms with van der Waals surface area (Å²) in [4.78, 5) is 14.7. The van der Waals surface area contributed by atoms with Crippen LogP contribution < -0.4 is 5.48 Å². The van der Waals surface area contributed by atoms with Gasteiger partial charge in [-0.1, -0.05) is 0 Å². The van der Waals surface area contributed by atoms with Crippen LogP contribution >= 0.6 is 0 Å². The number of hydroxylamine groups is 1. The van der Waals surface area contributed by atoms with Gasteiger partial charge in [-0.05, 0) is 12.2 Å². The summed E-state index contributed by atoms with van der Waals surface area (Å²) in [7, 11) is 0. The molecular formula is C5H4NO2. The molecule has 0 spiro atoms. The standard InChI is InChI=1S/C5H4NO2/c7-5-3-1-2-4-8-6-5/h1-2,4H,(H,6,7). The monoisotopic (exact) mass is 110 g/mol. The van der Waals surface area contributed by atoms with Gasteiger partial charge in [-0.25, -0.2) is 0 Å². The van der Waals surface area contributed by atoms with E-state index in [1.165, 1.54) is 12.3 Å². The van der Waals surface area contributed by atoms with Gasteiger partial charge in [0.15, 0.2) is 0 Å². The molecule has 1 amide bonds. The van der Waals surface area contributed by atoms with Gasteiger partial charge in [-0.2, -0.15) is 5.48 Å². The molecule has 8 heavy (non-hydrogen) atoms. The average molecular weight is 110 g/mol. The van der Waals surface area contributed by atoms with E-state index < -0.39 is 0 Å². The lowest BCUT2D eigenvalue weighted by Gasteiger charge is -1.92. The maximum Gasteiger partial charge on any atom is 0.284 e. The zero-order valence-corrected chi connectivity index (χ0v) is 4.05. The fraction of sp³-hybridized carbons (Fsp3) is 0. The molecule has 3 heteroatoms. The summed E-state index contributed by atoms with van der Waals surface area (Å²) >= 11 is 0. The maximum atomic E-state index is 10.3. The number of hydrogen-bond acceptors (Lipinski definition) is 2. The van der Waals surface area contributed by atoms with Crippen molar-refractivity contribution in [2.75, 3.05) is 0 Å². The molecule has 1 aliphatic rings. The Balaban J connectivity index is 2.58. The van der Waals surface area contributed by atoms with Crippen molar-refractivity contribution >= 4 is 5.91 Å². The van der Waals surface area contributed by atoms with Crippen LogP contribution in [0.4, 0.5) is 0 Å². The first kappa shape index (κ1) is 4.90. The molecule has 0 saturated heterocycles. The summed E-state index contributed by atoms with van der Waals surface area (Å²) in [5, 5.41) is 0. The molecule has 0 fully saturated rings. The number of allylic oxidation sites excluding steroid dienone is 2. The highest BCUT2D eigenvalue weighted by molar-refractivity contribution is 5.82. The molecular weight excluding hydrogens is 106 g/mol. The molecule has 1 N–H and O–H groups in total. The number of amides is 1. The topological polar surface area (TPSA) is 38.3 Å². The Hall–Kier alpha value is -1.25. The van der Waals surface area contributed by atoms with Crippen LogP contribution in [0, 0.1) is 6.08 Å². The lowest BCUT2D eigenvalue weighted by atomic mass is 10.5. The van der Waals surface area contributed by atoms with Crippen molar-refractivity contribution in [1.82, 2.24) is 5.48 Å². The number of carbonyl (C=O) groups excluding carboxylic acids is 1. The number of carbonyl (C=O) groups is 1. The number of nitrogens with one attached hydrogen (secondary N) is 1. The van der Waals surface area contributed by atoms with Crippen molar-refractivity contribution < 1.29 is 9.63 Å². The van der Waals surface area contributed by atoms with Crippen molar-refractivity contribution in [3.05, 3.63) is 24.5 Å². The van der Waals surface area contributed by atoms with E-state index in [0.29, 0.717) is 0 Å². The van der Waals surface area contributed by atoms with Crippen molar-refractivity contribution in [2.45, 2.75) is 0 Å². The van der Waals surface area contributed by atoms with Crippen LogP contribution in [0.3, 0.4) is 0 Å². The predicted molar refractivity (Wildman–Crippen MR) is 26.2 cm³/mol. The normalized spacial score (nSPS) is 16.8. The number of hydrogen-bond donors (Lipinski definition) is 1. The van der Waals surface area contributed by atoms with Crippen LogP contribution in [-0.4, -0.2) is 5.91 Å². The van der Waals surface area contributed by atoms with Gasteiger partial charge in [0.2, 0.25) is 0 Å². The molecule has 0 aromatic rings. The molecule has 0 saturated carbocycles. The van der Waals surface area contributed by atoms with E-state index in [2.05, 4.69) is 16.4 Å². The van der Waals surface area contributed by atoms with Crippen LogP contribution in [0.5, 0.6) is 0 Å². The van der Waals surface area contributed by atoms with Gasteiger partial charge in [0.25, 0.3) is 5.91 Å². The SMILES string of the molecule is O=C1[C]=CC=CON1. The quantitative estimate of drug-likeness (QED) is 0.473. The van der Waals surface area contributed by atoms with E-state index >= 15 is 0 Å². The molecule has 0 aromatic carbocycles. The summed E-state index contributed by atoms with van der Waals surface area (Å²) in [6.07, 6.45) is 6.76. The van der Waals surface area contributed by atoms with E-state index in [1.54, 1.807) is 6.08 Å². The summed E-state index contributed by atoms with van der Waals surface area (Å²) in [5.41, 5.74) is 2.08. The van der Waals surface area contributed by atoms with Gasteiger partial charge in [0, 0.05) is 0 Å². The second-order valence-electron chi connectivity index (χ2n) is 1.19. The number of rotatable bonds is 0. The highest BCUT2D eigenvalue weighted by atomic mass is 16.6. The van der Waals surface area contributed by atoms with Gasteiger partial charge >= 0.3 is 0 Å². The van der Waals surface area contributed by atoms with E-state index in [0.717, 1.165) is 0 Å². The summed E-state index contributed by atoms with van der Waals surface area (Å²) < 4.78 is 0. The van der Waals surface area contributed by atoms with Crippen molar-refractivity contribution in [2.24, 2.45) is 0 Å². The molecule has 1 radical (unpaired) electrons. The summed E-state index contributed by atoms with van der Waals surface area (Å²) in [6.45, 7) is 0. The predicted octanol–water partition coefficient (Wildman–Crippen LogP) is -0.0791. The Morgan fingerprint density at radius 2 is 2.62 bits per heavy atom. The third-order valence-electron chi connectivity index (χ3n) is 0.609. The van der Waals surface area contributed by atoms with Gasteiger partial charge < -0.3 is 4.84 Å². The molecule has 1 aliphatic heterocycles. The molecule has 0 aliphatic carbocycles. The Bertz CT molecular complexity index is 149. The molecule has 1 rings (SSSR count). The third kappa shape index (κ3) is 1.11. The Morgan fingerprint density at radius 1 is 1.75 bits per heavy atom. The molecule has 3 nitrogen and oxygen atoms in total. The minimum atomic E-state index is -0.366. The van der Waals surface area contributed by atoms with Gasteiger partial charge in [-0.3, -0.25) is 4.79 Å². The molecule has 0 bridgehead atoms. The van der Waals surface area contributed by atoms with Crippen LogP contribution in [0.15, 0.2) is 18.4 Å². The lowest BCUT2D eigenvalue weighted by Crippen LogP contribution is -2.17. The molecule has 0 aromatic heterocycles. The lowest BCUT2D eigenvalue weighted by molar-refractivity contribution is -0.125. The third-order valence-corrected chi connectivity index (χ3v) is 0.609. The fourth-order valence-electron chi connectivity index (χ4n) is 0.319. The van der Waals surface area contributed by atoms with Gasteiger partial charge in [0.1, 0.15) is 6.26 Å². The Morgan fingerprint density at radius 3 is 3.50 bits per heavy atom. The van der Waals surface area contributed by atoms with E-state index in [-0.39, 0.29) is 5.91 Å². The van der Waals surface area contributed by atoms with Crippen molar-refractivity contribution in [3.8, 4) is 0 Å². The van der Waals surface area contributed by atoms with Crippen LogP contribution in [0.1, 0.15) is 0 Å². The van der Waals surface area contributed by atoms with Crippen LogP contribution in [-0.2, 0) is 9.63 Å². The largest absolute Gasteiger partial charge is 0.387 e. The first-order valence-corrected chi connectivity index (χ1v) is 2.10. The minimum absolute atomic E-state index is 0.366. The summed E-state index contributed by atoms with van der Waals surface area (Å²) in [5.74, 6) is -0.366. The highest BCUT2D eigenvalue weighted by Gasteiger charge is 1.93. The van der Waals surface area contributed by atoms with Gasteiger partial charge in [0.05, 0.1) is 6.08 Å². The Labute approximate surface area is 46.6 Å². The molecule has 0 atom stereocenters. The molecule has 0 unspecified atom stereocenters. The van der Waals surface area contributed by atoms with Crippen molar-refractivity contribution in [1.29, 1.82) is 0 Å². The summed E-state index contributed by atoms with van der Waals surface area (Å²) in [6, 6.07) is 0.